The number of aliphatic hydroxyl groups is 2. The van der Waals surface area contributed by atoms with Crippen molar-refractivity contribution in [3.05, 3.63) is 29.8 Å². The van der Waals surface area contributed by atoms with Crippen LogP contribution in [0.4, 0.5) is 0 Å². The SMILES string of the molecule is CC(=O)SCC(O)C(O)c1cccc(B2OC(C)(C)C(C)(C)O2)c1. The molecule has 2 unspecified atom stereocenters. The van der Waals surface area contributed by atoms with Crippen LogP contribution in [0.5, 0.6) is 0 Å². The lowest BCUT2D eigenvalue weighted by atomic mass is 9.78. The van der Waals surface area contributed by atoms with E-state index in [2.05, 4.69) is 0 Å². The van der Waals surface area contributed by atoms with E-state index in [1.807, 2.05) is 33.8 Å². The first-order valence-corrected chi connectivity index (χ1v) is 8.97. The largest absolute Gasteiger partial charge is 0.494 e. The van der Waals surface area contributed by atoms with Crippen LogP contribution in [0.1, 0.15) is 46.3 Å². The van der Waals surface area contributed by atoms with Gasteiger partial charge >= 0.3 is 7.12 Å². The van der Waals surface area contributed by atoms with Crippen molar-refractivity contribution in [3.63, 3.8) is 0 Å². The molecule has 0 spiro atoms. The molecule has 7 heteroatoms. The van der Waals surface area contributed by atoms with Gasteiger partial charge in [0.05, 0.1) is 17.3 Å². The van der Waals surface area contributed by atoms with Crippen LogP contribution in [-0.4, -0.2) is 45.5 Å². The maximum atomic E-state index is 11.0. The zero-order valence-electron chi connectivity index (χ0n) is 14.8. The van der Waals surface area contributed by atoms with Gasteiger partial charge in [-0.2, -0.15) is 0 Å². The summed E-state index contributed by atoms with van der Waals surface area (Å²) < 4.78 is 12.0. The van der Waals surface area contributed by atoms with Crippen molar-refractivity contribution in [2.75, 3.05) is 5.75 Å². The van der Waals surface area contributed by atoms with Gasteiger partial charge in [-0.15, -0.1) is 0 Å². The van der Waals surface area contributed by atoms with E-state index in [0.717, 1.165) is 17.2 Å². The predicted molar refractivity (Wildman–Crippen MR) is 96.3 cm³/mol. The molecule has 1 aliphatic rings. The lowest BCUT2D eigenvalue weighted by Gasteiger charge is -2.32. The van der Waals surface area contributed by atoms with Gasteiger partial charge in [-0.1, -0.05) is 36.0 Å². The highest BCUT2D eigenvalue weighted by Gasteiger charge is 2.51. The van der Waals surface area contributed by atoms with Crippen molar-refractivity contribution in [1.29, 1.82) is 0 Å². The van der Waals surface area contributed by atoms with Crippen LogP contribution in [0.15, 0.2) is 24.3 Å². The van der Waals surface area contributed by atoms with Crippen LogP contribution in [0.3, 0.4) is 0 Å². The Balaban J connectivity index is 2.13. The van der Waals surface area contributed by atoms with E-state index >= 15 is 0 Å². The highest BCUT2D eigenvalue weighted by molar-refractivity contribution is 8.13. The molecular weight excluding hydrogens is 327 g/mol. The Morgan fingerprint density at radius 1 is 1.21 bits per heavy atom. The van der Waals surface area contributed by atoms with Crippen molar-refractivity contribution in [1.82, 2.24) is 0 Å². The summed E-state index contributed by atoms with van der Waals surface area (Å²) in [5, 5.41) is 20.3. The molecule has 24 heavy (non-hydrogen) atoms. The number of hydrogen-bond acceptors (Lipinski definition) is 6. The Labute approximate surface area is 147 Å². The second kappa shape index (κ2) is 7.18. The van der Waals surface area contributed by atoms with Crippen molar-refractivity contribution < 1.29 is 24.3 Å². The highest BCUT2D eigenvalue weighted by Crippen LogP contribution is 2.36. The second-order valence-electron chi connectivity index (χ2n) is 7.07. The van der Waals surface area contributed by atoms with Gasteiger partial charge in [0, 0.05) is 12.7 Å². The molecule has 2 N–H and O–H groups in total. The molecule has 1 aliphatic heterocycles. The molecule has 1 saturated heterocycles. The van der Waals surface area contributed by atoms with Gasteiger partial charge in [0.25, 0.3) is 0 Å². The number of hydrogen-bond donors (Lipinski definition) is 2. The third-order valence-electron chi connectivity index (χ3n) is 4.60. The van der Waals surface area contributed by atoms with Gasteiger partial charge < -0.3 is 19.5 Å². The molecule has 1 heterocycles. The molecule has 0 radical (unpaired) electrons. The second-order valence-corrected chi connectivity index (χ2v) is 8.27. The van der Waals surface area contributed by atoms with Crippen molar-refractivity contribution in [3.8, 4) is 0 Å². The minimum absolute atomic E-state index is 0.0905. The quantitative estimate of drug-likeness (QED) is 0.785. The first kappa shape index (κ1) is 19.5. The van der Waals surface area contributed by atoms with Crippen LogP contribution in [0.2, 0.25) is 0 Å². The Hall–Kier alpha value is -0.855. The molecule has 1 aromatic carbocycles. The van der Waals surface area contributed by atoms with Crippen LogP contribution in [-0.2, 0) is 14.1 Å². The summed E-state index contributed by atoms with van der Waals surface area (Å²) in [5.74, 6) is 0.150. The highest BCUT2D eigenvalue weighted by atomic mass is 32.2. The zero-order chi connectivity index (χ0) is 18.1. The maximum absolute atomic E-state index is 11.0. The normalized spacial score (nSPS) is 21.5. The molecule has 2 atom stereocenters. The van der Waals surface area contributed by atoms with E-state index in [1.165, 1.54) is 6.92 Å². The number of carbonyl (C=O) groups excluding carboxylic acids is 1. The van der Waals surface area contributed by atoms with Crippen molar-refractivity contribution >= 4 is 29.5 Å². The number of benzene rings is 1. The fourth-order valence-corrected chi connectivity index (χ4v) is 2.97. The first-order valence-electron chi connectivity index (χ1n) is 7.98. The van der Waals surface area contributed by atoms with Crippen LogP contribution in [0.25, 0.3) is 0 Å². The van der Waals surface area contributed by atoms with Gasteiger partial charge in [0.2, 0.25) is 0 Å². The minimum atomic E-state index is -1.07. The molecule has 5 nitrogen and oxygen atoms in total. The van der Waals surface area contributed by atoms with Crippen molar-refractivity contribution in [2.45, 2.75) is 58.0 Å². The summed E-state index contributed by atoms with van der Waals surface area (Å²) in [6, 6.07) is 7.17. The minimum Gasteiger partial charge on any atom is -0.399 e. The molecule has 1 aromatic rings. The summed E-state index contributed by atoms with van der Waals surface area (Å²) in [4.78, 5) is 11.0. The molecule has 0 aromatic heterocycles. The number of carbonyl (C=O) groups is 1. The lowest BCUT2D eigenvalue weighted by Crippen LogP contribution is -2.41. The average molecular weight is 352 g/mol. The van der Waals surface area contributed by atoms with E-state index in [0.29, 0.717) is 5.56 Å². The summed E-state index contributed by atoms with van der Waals surface area (Å²) >= 11 is 0.993. The van der Waals surface area contributed by atoms with E-state index in [9.17, 15) is 15.0 Å². The van der Waals surface area contributed by atoms with E-state index < -0.39 is 30.5 Å². The number of thioether (sulfide) groups is 1. The Kier molecular flexibility index (Phi) is 5.82. The first-order chi connectivity index (χ1) is 11.0. The van der Waals surface area contributed by atoms with Crippen LogP contribution in [0, 0.1) is 0 Å². The lowest BCUT2D eigenvalue weighted by molar-refractivity contribution is -0.109. The van der Waals surface area contributed by atoms with Crippen LogP contribution < -0.4 is 5.46 Å². The Bertz CT molecular complexity index is 588. The van der Waals surface area contributed by atoms with Crippen LogP contribution >= 0.6 is 11.8 Å². The van der Waals surface area contributed by atoms with E-state index in [-0.39, 0.29) is 10.9 Å². The Morgan fingerprint density at radius 3 is 2.33 bits per heavy atom. The molecule has 2 rings (SSSR count). The average Bonchev–Trinajstić information content (AvgIpc) is 2.72. The number of rotatable bonds is 5. The van der Waals surface area contributed by atoms with Crippen molar-refractivity contribution in [2.24, 2.45) is 0 Å². The molecule has 0 amide bonds. The van der Waals surface area contributed by atoms with Gasteiger partial charge in [-0.3, -0.25) is 4.79 Å². The molecule has 0 aliphatic carbocycles. The summed E-state index contributed by atoms with van der Waals surface area (Å²) in [6.45, 7) is 9.36. The standard InChI is InChI=1S/C17H25BO5S/c1-11(19)24-10-14(20)15(21)12-7-6-8-13(9-12)18-22-16(2,3)17(4,5)23-18/h6-9,14-15,20-21H,10H2,1-5H3. The molecule has 0 bridgehead atoms. The third-order valence-corrected chi connectivity index (χ3v) is 5.51. The van der Waals surface area contributed by atoms with E-state index in [1.54, 1.807) is 18.2 Å². The summed E-state index contributed by atoms with van der Waals surface area (Å²) in [7, 11) is -0.522. The fourth-order valence-electron chi connectivity index (χ4n) is 2.38. The van der Waals surface area contributed by atoms with Gasteiger partial charge in [0.1, 0.15) is 6.10 Å². The summed E-state index contributed by atoms with van der Waals surface area (Å²) in [6.07, 6.45) is -2.09. The molecule has 0 saturated carbocycles. The topological polar surface area (TPSA) is 76.0 Å². The Morgan fingerprint density at radius 2 is 1.79 bits per heavy atom. The van der Waals surface area contributed by atoms with E-state index in [4.69, 9.17) is 9.31 Å². The maximum Gasteiger partial charge on any atom is 0.494 e. The predicted octanol–water partition coefficient (Wildman–Crippen LogP) is 1.66. The molecule has 132 valence electrons. The molecule has 1 fully saturated rings. The van der Waals surface area contributed by atoms with Gasteiger partial charge in [-0.05, 0) is 38.7 Å². The molecular formula is C17H25BO5S. The smallest absolute Gasteiger partial charge is 0.399 e. The monoisotopic (exact) mass is 352 g/mol. The third kappa shape index (κ3) is 4.21. The van der Waals surface area contributed by atoms with Gasteiger partial charge in [0.15, 0.2) is 5.12 Å². The van der Waals surface area contributed by atoms with Gasteiger partial charge in [-0.25, -0.2) is 0 Å². The summed E-state index contributed by atoms with van der Waals surface area (Å²) in [5.41, 5.74) is 0.476. The zero-order valence-corrected chi connectivity index (χ0v) is 15.6. The fraction of sp³-hybridized carbons (Fsp3) is 0.588. The number of aliphatic hydroxyl groups excluding tert-OH is 2.